The molecular weight excluding hydrogens is 312 g/mol. The Labute approximate surface area is 150 Å². The van der Waals surface area contributed by atoms with Gasteiger partial charge in [0.15, 0.2) is 11.5 Å². The van der Waals surface area contributed by atoms with Gasteiger partial charge in [-0.05, 0) is 49.6 Å². The second-order valence-corrected chi connectivity index (χ2v) is 5.52. The van der Waals surface area contributed by atoms with E-state index >= 15 is 0 Å². The van der Waals surface area contributed by atoms with Crippen molar-refractivity contribution in [2.45, 2.75) is 26.7 Å². The molecule has 0 saturated carbocycles. The molecule has 0 bridgehead atoms. The van der Waals surface area contributed by atoms with Gasteiger partial charge in [-0.3, -0.25) is 5.43 Å². The highest BCUT2D eigenvalue weighted by molar-refractivity contribution is 5.82. The zero-order valence-corrected chi connectivity index (χ0v) is 15.0. The van der Waals surface area contributed by atoms with Crippen molar-refractivity contribution in [1.29, 1.82) is 0 Å². The van der Waals surface area contributed by atoms with Crippen LogP contribution in [0.1, 0.15) is 31.4 Å². The van der Waals surface area contributed by atoms with E-state index in [9.17, 15) is 0 Å². The van der Waals surface area contributed by atoms with Gasteiger partial charge in [0.2, 0.25) is 0 Å². The molecule has 0 amide bonds. The van der Waals surface area contributed by atoms with Crippen LogP contribution in [0.4, 0.5) is 5.69 Å². The van der Waals surface area contributed by atoms with Gasteiger partial charge in [0.05, 0.1) is 25.1 Å². The number of allylic oxidation sites excluding steroid dienone is 1. The number of hydrogen-bond acceptors (Lipinski definition) is 4. The Bertz CT molecular complexity index is 697. The minimum Gasteiger partial charge on any atom is -0.490 e. The summed E-state index contributed by atoms with van der Waals surface area (Å²) < 4.78 is 11.7. The molecule has 0 saturated heterocycles. The second kappa shape index (κ2) is 10.2. The predicted molar refractivity (Wildman–Crippen MR) is 105 cm³/mol. The molecule has 4 heteroatoms. The summed E-state index contributed by atoms with van der Waals surface area (Å²) in [6.45, 7) is 9.14. The van der Waals surface area contributed by atoms with Gasteiger partial charge in [-0.2, -0.15) is 5.10 Å². The summed E-state index contributed by atoms with van der Waals surface area (Å²) >= 11 is 0. The summed E-state index contributed by atoms with van der Waals surface area (Å²) in [6, 6.07) is 13.9. The summed E-state index contributed by atoms with van der Waals surface area (Å²) in [6.07, 6.45) is 5.31. The van der Waals surface area contributed by atoms with Gasteiger partial charge < -0.3 is 9.47 Å². The number of hydrazone groups is 1. The van der Waals surface area contributed by atoms with Gasteiger partial charge >= 0.3 is 0 Å². The van der Waals surface area contributed by atoms with Gasteiger partial charge in [-0.25, -0.2) is 0 Å². The highest BCUT2D eigenvalue weighted by Crippen LogP contribution is 2.33. The number of benzene rings is 2. The molecule has 25 heavy (non-hydrogen) atoms. The molecule has 0 spiro atoms. The largest absolute Gasteiger partial charge is 0.490 e. The topological polar surface area (TPSA) is 42.9 Å². The first-order chi connectivity index (χ1) is 12.3. The molecule has 0 atom stereocenters. The van der Waals surface area contributed by atoms with Crippen LogP contribution >= 0.6 is 0 Å². The smallest absolute Gasteiger partial charge is 0.164 e. The van der Waals surface area contributed by atoms with Crippen molar-refractivity contribution in [3.8, 4) is 11.5 Å². The maximum Gasteiger partial charge on any atom is 0.164 e. The van der Waals surface area contributed by atoms with E-state index in [-0.39, 0.29) is 0 Å². The normalized spacial score (nSPS) is 10.6. The molecule has 1 N–H and O–H groups in total. The Morgan fingerprint density at radius 3 is 2.60 bits per heavy atom. The van der Waals surface area contributed by atoms with E-state index in [0.717, 1.165) is 34.7 Å². The molecular formula is C21H26N2O2. The van der Waals surface area contributed by atoms with Gasteiger partial charge in [-0.15, -0.1) is 6.58 Å². The number of nitrogens with zero attached hydrogens (tertiary/aromatic N) is 1. The number of para-hydroxylation sites is 1. The molecule has 0 aliphatic rings. The van der Waals surface area contributed by atoms with Gasteiger partial charge in [0.25, 0.3) is 0 Å². The Hall–Kier alpha value is -2.75. The van der Waals surface area contributed by atoms with Crippen LogP contribution in [0.15, 0.2) is 60.2 Å². The van der Waals surface area contributed by atoms with Crippen LogP contribution in [0.2, 0.25) is 0 Å². The predicted octanol–water partition coefficient (Wildman–Crippen LogP) is 5.05. The Balaban J connectivity index is 2.26. The summed E-state index contributed by atoms with van der Waals surface area (Å²) in [7, 11) is 0. The second-order valence-electron chi connectivity index (χ2n) is 5.52. The Morgan fingerprint density at radius 1 is 1.12 bits per heavy atom. The van der Waals surface area contributed by atoms with Crippen LogP contribution in [0.3, 0.4) is 0 Å². The van der Waals surface area contributed by atoms with E-state index in [4.69, 9.17) is 9.47 Å². The first-order valence-electron chi connectivity index (χ1n) is 8.66. The van der Waals surface area contributed by atoms with Crippen molar-refractivity contribution in [2.75, 3.05) is 18.6 Å². The van der Waals surface area contributed by atoms with Crippen molar-refractivity contribution >= 4 is 11.9 Å². The highest BCUT2D eigenvalue weighted by Gasteiger charge is 2.12. The number of nitrogens with one attached hydrogen (secondary N) is 1. The Morgan fingerprint density at radius 2 is 1.92 bits per heavy atom. The van der Waals surface area contributed by atoms with Crippen LogP contribution in [-0.4, -0.2) is 19.4 Å². The molecule has 2 aromatic rings. The van der Waals surface area contributed by atoms with Crippen molar-refractivity contribution in [2.24, 2.45) is 5.10 Å². The first kappa shape index (κ1) is 18.6. The van der Waals surface area contributed by atoms with Crippen LogP contribution in [0.25, 0.3) is 0 Å². The van der Waals surface area contributed by atoms with Crippen LogP contribution in [0, 0.1) is 0 Å². The lowest BCUT2D eigenvalue weighted by Crippen LogP contribution is -2.04. The molecule has 0 aliphatic carbocycles. The first-order valence-corrected chi connectivity index (χ1v) is 8.66. The number of anilines is 1. The average molecular weight is 338 g/mol. The molecule has 0 fully saturated rings. The van der Waals surface area contributed by atoms with E-state index < -0.39 is 0 Å². The Kier molecular flexibility index (Phi) is 7.57. The fourth-order valence-electron chi connectivity index (χ4n) is 2.39. The van der Waals surface area contributed by atoms with Crippen molar-refractivity contribution in [3.63, 3.8) is 0 Å². The number of ether oxygens (including phenoxy) is 2. The molecule has 0 unspecified atom stereocenters. The number of rotatable bonds is 10. The van der Waals surface area contributed by atoms with Crippen molar-refractivity contribution in [1.82, 2.24) is 0 Å². The van der Waals surface area contributed by atoms with Crippen molar-refractivity contribution < 1.29 is 9.47 Å². The van der Waals surface area contributed by atoms with Crippen LogP contribution in [0.5, 0.6) is 11.5 Å². The van der Waals surface area contributed by atoms with Gasteiger partial charge in [0, 0.05) is 5.56 Å². The van der Waals surface area contributed by atoms with E-state index in [2.05, 4.69) is 30.1 Å². The molecule has 0 aliphatic heterocycles. The highest BCUT2D eigenvalue weighted by atomic mass is 16.5. The quantitative estimate of drug-likeness (QED) is 0.374. The van der Waals surface area contributed by atoms with Crippen molar-refractivity contribution in [3.05, 3.63) is 66.2 Å². The summed E-state index contributed by atoms with van der Waals surface area (Å²) in [5.41, 5.74) is 5.97. The molecule has 0 heterocycles. The molecule has 132 valence electrons. The van der Waals surface area contributed by atoms with Crippen LogP contribution in [-0.2, 0) is 6.42 Å². The van der Waals surface area contributed by atoms with Crippen LogP contribution < -0.4 is 14.9 Å². The van der Waals surface area contributed by atoms with E-state index in [0.29, 0.717) is 19.6 Å². The van der Waals surface area contributed by atoms with Gasteiger partial charge in [0.1, 0.15) is 0 Å². The monoisotopic (exact) mass is 338 g/mol. The van der Waals surface area contributed by atoms with Gasteiger partial charge in [-0.1, -0.05) is 31.2 Å². The fourth-order valence-corrected chi connectivity index (χ4v) is 2.39. The molecule has 2 rings (SSSR count). The summed E-state index contributed by atoms with van der Waals surface area (Å²) in [4.78, 5) is 0. The third-order valence-electron chi connectivity index (χ3n) is 3.45. The average Bonchev–Trinajstić information content (AvgIpc) is 2.62. The lowest BCUT2D eigenvalue weighted by molar-refractivity contribution is 0.275. The van der Waals surface area contributed by atoms with E-state index in [1.165, 1.54) is 0 Å². The fraction of sp³-hybridized carbons (Fsp3) is 0.286. The maximum atomic E-state index is 5.92. The summed E-state index contributed by atoms with van der Waals surface area (Å²) in [5.74, 6) is 1.55. The maximum absolute atomic E-state index is 5.92. The van der Waals surface area contributed by atoms with E-state index in [1.54, 1.807) is 6.21 Å². The third kappa shape index (κ3) is 5.68. The minimum atomic E-state index is 0.582. The lowest BCUT2D eigenvalue weighted by atomic mass is 10.1. The SMILES string of the molecule is C=CCc1cc(C=NNc2ccccc2)cc(OCC)c1OCCC. The third-order valence-corrected chi connectivity index (χ3v) is 3.45. The molecule has 0 radical (unpaired) electrons. The molecule has 4 nitrogen and oxygen atoms in total. The molecule has 2 aromatic carbocycles. The lowest BCUT2D eigenvalue weighted by Gasteiger charge is -2.16. The summed E-state index contributed by atoms with van der Waals surface area (Å²) in [5, 5.41) is 4.31. The van der Waals surface area contributed by atoms with E-state index in [1.807, 2.05) is 49.4 Å². The number of hydrogen-bond donors (Lipinski definition) is 1. The molecule has 0 aromatic heterocycles. The standard InChI is InChI=1S/C21H26N2O2/c1-4-10-18-14-17(16-22-23-19-11-8-7-9-12-19)15-20(24-6-3)21(18)25-13-5-2/h4,7-9,11-12,14-16,23H,1,5-6,10,13H2,2-3H3. The minimum absolute atomic E-state index is 0.582. The zero-order valence-electron chi connectivity index (χ0n) is 15.0. The zero-order chi connectivity index (χ0) is 17.9.